The normalized spacial score (nSPS) is 35.0. The van der Waals surface area contributed by atoms with Crippen LogP contribution in [-0.4, -0.2) is 24.7 Å². The van der Waals surface area contributed by atoms with Crippen LogP contribution in [0.25, 0.3) is 0 Å². The van der Waals surface area contributed by atoms with Crippen molar-refractivity contribution < 1.29 is 18.0 Å². The summed E-state index contributed by atoms with van der Waals surface area (Å²) in [6, 6.07) is -0.0971. The maximum Gasteiger partial charge on any atom is 0.391 e. The van der Waals surface area contributed by atoms with Gasteiger partial charge in [-0.05, 0) is 51.0 Å². The van der Waals surface area contributed by atoms with Crippen LogP contribution < -0.4 is 11.1 Å². The molecule has 2 rings (SSSR count). The minimum absolute atomic E-state index is 0.00610. The molecule has 2 saturated carbocycles. The van der Waals surface area contributed by atoms with E-state index in [0.717, 1.165) is 19.3 Å². The van der Waals surface area contributed by atoms with Crippen molar-refractivity contribution in [1.29, 1.82) is 0 Å². The summed E-state index contributed by atoms with van der Waals surface area (Å²) in [4.78, 5) is 12.2. The van der Waals surface area contributed by atoms with Gasteiger partial charge in [0.2, 0.25) is 5.91 Å². The molecule has 0 aromatic heterocycles. The van der Waals surface area contributed by atoms with Gasteiger partial charge in [-0.25, -0.2) is 0 Å². The number of nitrogens with two attached hydrogens (primary N) is 1. The number of alkyl halides is 3. The zero-order chi connectivity index (χ0) is 14.8. The van der Waals surface area contributed by atoms with Gasteiger partial charge in [-0.15, -0.1) is 0 Å². The first-order chi connectivity index (χ1) is 9.41. The molecule has 0 spiro atoms. The summed E-state index contributed by atoms with van der Waals surface area (Å²) in [6.45, 7) is 0.513. The molecule has 116 valence electrons. The lowest BCUT2D eigenvalue weighted by atomic mass is 9.85. The first-order valence-corrected chi connectivity index (χ1v) is 7.49. The van der Waals surface area contributed by atoms with Crippen LogP contribution in [0.2, 0.25) is 0 Å². The second kappa shape index (κ2) is 6.33. The van der Waals surface area contributed by atoms with Crippen molar-refractivity contribution in [2.24, 2.45) is 23.5 Å². The Balaban J connectivity index is 1.79. The molecule has 0 aromatic carbocycles. The quantitative estimate of drug-likeness (QED) is 0.840. The molecule has 2 atom stereocenters. The Bertz CT molecular complexity index is 338. The molecule has 20 heavy (non-hydrogen) atoms. The van der Waals surface area contributed by atoms with E-state index >= 15 is 0 Å². The first-order valence-electron chi connectivity index (χ1n) is 7.49. The molecular formula is C14H23F3N2O. The van der Waals surface area contributed by atoms with E-state index in [-0.39, 0.29) is 36.6 Å². The highest BCUT2D eigenvalue weighted by molar-refractivity contribution is 5.79. The molecule has 0 saturated heterocycles. The minimum Gasteiger partial charge on any atom is -0.353 e. The van der Waals surface area contributed by atoms with E-state index in [9.17, 15) is 18.0 Å². The van der Waals surface area contributed by atoms with Gasteiger partial charge < -0.3 is 11.1 Å². The van der Waals surface area contributed by atoms with Gasteiger partial charge in [0.15, 0.2) is 0 Å². The predicted octanol–water partition coefficient (Wildman–Crippen LogP) is 2.60. The van der Waals surface area contributed by atoms with Gasteiger partial charge in [-0.1, -0.05) is 6.42 Å². The molecule has 0 bridgehead atoms. The standard InChI is InChI=1S/C14H23F3N2O/c15-14(16,17)10-4-6-11(7-5-10)19-13(20)12-3-1-2-9(12)8-18/h9-12H,1-8,18H2,(H,19,20). The summed E-state index contributed by atoms with van der Waals surface area (Å²) in [6.07, 6.45) is -0.141. The third-order valence-electron chi connectivity index (χ3n) is 4.84. The van der Waals surface area contributed by atoms with Crippen LogP contribution in [0, 0.1) is 17.8 Å². The number of carbonyl (C=O) groups excluding carboxylic acids is 1. The summed E-state index contributed by atoms with van der Waals surface area (Å²) < 4.78 is 37.7. The number of halogens is 3. The van der Waals surface area contributed by atoms with Gasteiger partial charge >= 0.3 is 6.18 Å². The van der Waals surface area contributed by atoms with E-state index in [2.05, 4.69) is 5.32 Å². The Morgan fingerprint density at radius 3 is 2.30 bits per heavy atom. The summed E-state index contributed by atoms with van der Waals surface area (Å²) >= 11 is 0. The lowest BCUT2D eigenvalue weighted by molar-refractivity contribution is -0.182. The molecule has 3 nitrogen and oxygen atoms in total. The maximum absolute atomic E-state index is 12.6. The Hall–Kier alpha value is -0.780. The van der Waals surface area contributed by atoms with Gasteiger partial charge in [-0.2, -0.15) is 13.2 Å². The summed E-state index contributed by atoms with van der Waals surface area (Å²) in [5.41, 5.74) is 5.66. The van der Waals surface area contributed by atoms with Crippen LogP contribution in [0.3, 0.4) is 0 Å². The second-order valence-corrected chi connectivity index (χ2v) is 6.13. The molecule has 0 aliphatic heterocycles. The Labute approximate surface area is 117 Å². The van der Waals surface area contributed by atoms with Crippen molar-refractivity contribution in [2.75, 3.05) is 6.54 Å². The van der Waals surface area contributed by atoms with Gasteiger partial charge in [-0.3, -0.25) is 4.79 Å². The topological polar surface area (TPSA) is 55.1 Å². The number of hydrogen-bond acceptors (Lipinski definition) is 2. The van der Waals surface area contributed by atoms with Crippen molar-refractivity contribution in [1.82, 2.24) is 5.32 Å². The average molecular weight is 292 g/mol. The van der Waals surface area contributed by atoms with Crippen LogP contribution in [0.1, 0.15) is 44.9 Å². The summed E-state index contributed by atoms with van der Waals surface area (Å²) in [5, 5.41) is 2.94. The molecule has 6 heteroatoms. The largest absolute Gasteiger partial charge is 0.391 e. The molecule has 2 aliphatic carbocycles. The van der Waals surface area contributed by atoms with E-state index in [1.54, 1.807) is 0 Å². The molecule has 2 unspecified atom stereocenters. The highest BCUT2D eigenvalue weighted by Crippen LogP contribution is 2.38. The number of rotatable bonds is 3. The Morgan fingerprint density at radius 2 is 1.75 bits per heavy atom. The van der Waals surface area contributed by atoms with Crippen LogP contribution in [-0.2, 0) is 4.79 Å². The number of amides is 1. The molecular weight excluding hydrogens is 269 g/mol. The highest BCUT2D eigenvalue weighted by atomic mass is 19.4. The fraction of sp³-hybridized carbons (Fsp3) is 0.929. The van der Waals surface area contributed by atoms with Crippen LogP contribution in [0.4, 0.5) is 13.2 Å². The van der Waals surface area contributed by atoms with Gasteiger partial charge in [0.1, 0.15) is 0 Å². The van der Waals surface area contributed by atoms with Crippen molar-refractivity contribution in [2.45, 2.75) is 57.2 Å². The fourth-order valence-electron chi connectivity index (χ4n) is 3.54. The summed E-state index contributed by atoms with van der Waals surface area (Å²) in [5.74, 6) is -1.01. The van der Waals surface area contributed by atoms with Crippen molar-refractivity contribution in [3.8, 4) is 0 Å². The van der Waals surface area contributed by atoms with Crippen LogP contribution in [0.15, 0.2) is 0 Å². The third-order valence-corrected chi connectivity index (χ3v) is 4.84. The van der Waals surface area contributed by atoms with Crippen LogP contribution in [0.5, 0.6) is 0 Å². The lowest BCUT2D eigenvalue weighted by Crippen LogP contribution is -2.43. The number of hydrogen-bond donors (Lipinski definition) is 2. The molecule has 2 fully saturated rings. The van der Waals surface area contributed by atoms with Gasteiger partial charge in [0.25, 0.3) is 0 Å². The molecule has 0 aromatic rings. The number of nitrogens with one attached hydrogen (secondary N) is 1. The van der Waals surface area contributed by atoms with Gasteiger partial charge in [0, 0.05) is 12.0 Å². The number of carbonyl (C=O) groups is 1. The Kier molecular flexibility index (Phi) is 4.94. The van der Waals surface area contributed by atoms with E-state index in [1.807, 2.05) is 0 Å². The zero-order valence-electron chi connectivity index (χ0n) is 11.6. The maximum atomic E-state index is 12.6. The first kappa shape index (κ1) is 15.6. The fourth-order valence-corrected chi connectivity index (χ4v) is 3.54. The molecule has 1 amide bonds. The van der Waals surface area contributed by atoms with E-state index in [0.29, 0.717) is 19.4 Å². The monoisotopic (exact) mass is 292 g/mol. The van der Waals surface area contributed by atoms with E-state index < -0.39 is 12.1 Å². The summed E-state index contributed by atoms with van der Waals surface area (Å²) in [7, 11) is 0. The zero-order valence-corrected chi connectivity index (χ0v) is 11.6. The van der Waals surface area contributed by atoms with Gasteiger partial charge in [0.05, 0.1) is 5.92 Å². The predicted molar refractivity (Wildman–Crippen MR) is 69.8 cm³/mol. The van der Waals surface area contributed by atoms with Crippen molar-refractivity contribution in [3.63, 3.8) is 0 Å². The molecule has 0 heterocycles. The average Bonchev–Trinajstić information content (AvgIpc) is 2.86. The highest BCUT2D eigenvalue weighted by Gasteiger charge is 2.42. The Morgan fingerprint density at radius 1 is 1.10 bits per heavy atom. The van der Waals surface area contributed by atoms with E-state index in [4.69, 9.17) is 5.73 Å². The molecule has 0 radical (unpaired) electrons. The lowest BCUT2D eigenvalue weighted by Gasteiger charge is -2.31. The van der Waals surface area contributed by atoms with Crippen molar-refractivity contribution in [3.05, 3.63) is 0 Å². The second-order valence-electron chi connectivity index (χ2n) is 6.13. The third kappa shape index (κ3) is 3.65. The van der Waals surface area contributed by atoms with Crippen LogP contribution >= 0.6 is 0 Å². The van der Waals surface area contributed by atoms with E-state index in [1.165, 1.54) is 0 Å². The molecule has 2 aliphatic rings. The minimum atomic E-state index is -4.09. The molecule has 3 N–H and O–H groups in total. The van der Waals surface area contributed by atoms with Crippen molar-refractivity contribution >= 4 is 5.91 Å². The smallest absolute Gasteiger partial charge is 0.353 e. The SMILES string of the molecule is NCC1CCCC1C(=O)NC1CCC(C(F)(F)F)CC1.